The molecule has 0 saturated heterocycles. The summed E-state index contributed by atoms with van der Waals surface area (Å²) in [5, 5.41) is 5.97. The van der Waals surface area contributed by atoms with Crippen molar-refractivity contribution in [2.24, 2.45) is 0 Å². The molecule has 2 amide bonds. The molecule has 0 radical (unpaired) electrons. The Morgan fingerprint density at radius 1 is 1.10 bits per heavy atom. The van der Waals surface area contributed by atoms with Crippen LogP contribution in [0.2, 0.25) is 5.02 Å². The third-order valence-electron chi connectivity index (χ3n) is 2.72. The Morgan fingerprint density at radius 3 is 2.45 bits per heavy atom. The minimum absolute atomic E-state index is 0.352. The van der Waals surface area contributed by atoms with Gasteiger partial charge in [-0.3, -0.25) is 0 Å². The van der Waals surface area contributed by atoms with Crippen LogP contribution in [0.3, 0.4) is 0 Å². The average molecular weight is 291 g/mol. The van der Waals surface area contributed by atoms with Gasteiger partial charge >= 0.3 is 6.03 Å². The zero-order valence-electron chi connectivity index (χ0n) is 11.2. The highest BCUT2D eigenvalue weighted by Crippen LogP contribution is 2.27. The molecule has 0 saturated carbocycles. The number of rotatable bonds is 3. The third kappa shape index (κ3) is 3.65. The number of carbonyl (C=O) groups is 1. The number of hydrogen-bond donors (Lipinski definition) is 2. The molecule has 20 heavy (non-hydrogen) atoms. The lowest BCUT2D eigenvalue weighted by molar-refractivity contribution is 0.262. The Kier molecular flexibility index (Phi) is 4.48. The van der Waals surface area contributed by atoms with E-state index in [0.717, 1.165) is 5.56 Å². The normalized spacial score (nSPS) is 9.95. The molecule has 0 spiro atoms. The Bertz CT molecular complexity index is 612. The van der Waals surface area contributed by atoms with Gasteiger partial charge in [0.1, 0.15) is 5.75 Å². The van der Waals surface area contributed by atoms with Crippen molar-refractivity contribution in [1.29, 1.82) is 0 Å². The number of nitrogens with one attached hydrogen (secondary N) is 2. The van der Waals surface area contributed by atoms with Crippen molar-refractivity contribution in [3.8, 4) is 5.75 Å². The lowest BCUT2D eigenvalue weighted by Gasteiger charge is -2.11. The van der Waals surface area contributed by atoms with E-state index in [1.54, 1.807) is 18.2 Å². The smallest absolute Gasteiger partial charge is 0.323 e. The summed E-state index contributed by atoms with van der Waals surface area (Å²) in [6, 6.07) is 12.2. The second-order valence-electron chi connectivity index (χ2n) is 4.29. The topological polar surface area (TPSA) is 50.4 Å². The van der Waals surface area contributed by atoms with Gasteiger partial charge in [-0.15, -0.1) is 0 Å². The molecular weight excluding hydrogens is 276 g/mol. The van der Waals surface area contributed by atoms with Crippen molar-refractivity contribution >= 4 is 29.0 Å². The first-order chi connectivity index (χ1) is 9.58. The van der Waals surface area contributed by atoms with Crippen molar-refractivity contribution in [3.05, 3.63) is 53.1 Å². The van der Waals surface area contributed by atoms with Gasteiger partial charge in [-0.2, -0.15) is 0 Å². The summed E-state index contributed by atoms with van der Waals surface area (Å²) in [5.74, 6) is 0.549. The van der Waals surface area contributed by atoms with Gasteiger partial charge in [-0.05, 0) is 37.3 Å². The fraction of sp³-hybridized carbons (Fsp3) is 0.133. The molecule has 0 aliphatic rings. The predicted molar refractivity (Wildman–Crippen MR) is 81.8 cm³/mol. The van der Waals surface area contributed by atoms with E-state index in [-0.39, 0.29) is 6.03 Å². The number of urea groups is 1. The monoisotopic (exact) mass is 290 g/mol. The van der Waals surface area contributed by atoms with Gasteiger partial charge in [0.2, 0.25) is 0 Å². The first kappa shape index (κ1) is 14.2. The molecule has 0 aliphatic carbocycles. The lowest BCUT2D eigenvalue weighted by atomic mass is 10.2. The summed E-state index contributed by atoms with van der Waals surface area (Å²) < 4.78 is 5.17. The zero-order valence-corrected chi connectivity index (χ0v) is 12.0. The Balaban J connectivity index is 2.08. The van der Waals surface area contributed by atoms with Gasteiger partial charge in [0, 0.05) is 10.7 Å². The van der Waals surface area contributed by atoms with Gasteiger partial charge in [-0.25, -0.2) is 4.79 Å². The predicted octanol–water partition coefficient (Wildman–Crippen LogP) is 4.30. The maximum atomic E-state index is 11.9. The summed E-state index contributed by atoms with van der Waals surface area (Å²) in [6.45, 7) is 1.99. The molecule has 2 aromatic rings. The van der Waals surface area contributed by atoms with E-state index < -0.39 is 0 Å². The molecule has 0 aromatic heterocycles. The van der Waals surface area contributed by atoms with Crippen LogP contribution < -0.4 is 15.4 Å². The molecule has 2 aromatic carbocycles. The van der Waals surface area contributed by atoms with Crippen LogP contribution >= 0.6 is 11.6 Å². The fourth-order valence-electron chi connectivity index (χ4n) is 1.70. The summed E-state index contributed by atoms with van der Waals surface area (Å²) in [7, 11) is 1.53. The van der Waals surface area contributed by atoms with E-state index >= 15 is 0 Å². The van der Waals surface area contributed by atoms with Crippen molar-refractivity contribution in [2.45, 2.75) is 6.92 Å². The number of benzene rings is 2. The van der Waals surface area contributed by atoms with E-state index in [0.29, 0.717) is 22.1 Å². The molecule has 5 heteroatoms. The van der Waals surface area contributed by atoms with Crippen LogP contribution in [0.4, 0.5) is 16.2 Å². The quantitative estimate of drug-likeness (QED) is 0.885. The third-order valence-corrected chi connectivity index (χ3v) is 2.95. The molecule has 0 unspecified atom stereocenters. The fourth-order valence-corrected chi connectivity index (χ4v) is 1.87. The van der Waals surface area contributed by atoms with Crippen LogP contribution in [0.15, 0.2) is 42.5 Å². The number of hydrogen-bond acceptors (Lipinski definition) is 2. The maximum absolute atomic E-state index is 11.9. The number of aryl methyl sites for hydroxylation is 1. The van der Waals surface area contributed by atoms with Gasteiger partial charge < -0.3 is 15.4 Å². The lowest BCUT2D eigenvalue weighted by Crippen LogP contribution is -2.19. The van der Waals surface area contributed by atoms with E-state index in [1.807, 2.05) is 31.2 Å². The van der Waals surface area contributed by atoms with Crippen molar-refractivity contribution in [3.63, 3.8) is 0 Å². The summed E-state index contributed by atoms with van der Waals surface area (Å²) >= 11 is 5.91. The van der Waals surface area contributed by atoms with E-state index in [9.17, 15) is 4.79 Å². The summed E-state index contributed by atoms with van der Waals surface area (Å²) in [6.07, 6.45) is 0. The molecule has 0 bridgehead atoms. The highest BCUT2D eigenvalue weighted by atomic mass is 35.5. The highest BCUT2D eigenvalue weighted by molar-refractivity contribution is 6.31. The number of methoxy groups -OCH3 is 1. The van der Waals surface area contributed by atoms with Crippen LogP contribution in [0.1, 0.15) is 5.56 Å². The number of halogens is 1. The average Bonchev–Trinajstić information content (AvgIpc) is 2.41. The van der Waals surface area contributed by atoms with E-state index in [4.69, 9.17) is 16.3 Å². The van der Waals surface area contributed by atoms with Crippen LogP contribution in [0.25, 0.3) is 0 Å². The van der Waals surface area contributed by atoms with Gasteiger partial charge in [0.25, 0.3) is 0 Å². The van der Waals surface area contributed by atoms with Gasteiger partial charge in [0.15, 0.2) is 0 Å². The molecule has 0 aliphatic heterocycles. The van der Waals surface area contributed by atoms with E-state index in [1.165, 1.54) is 7.11 Å². The van der Waals surface area contributed by atoms with Gasteiger partial charge in [-0.1, -0.05) is 29.3 Å². The number of anilines is 2. The summed E-state index contributed by atoms with van der Waals surface area (Å²) in [4.78, 5) is 11.9. The molecule has 0 heterocycles. The highest BCUT2D eigenvalue weighted by Gasteiger charge is 2.08. The summed E-state index contributed by atoms with van der Waals surface area (Å²) in [5.41, 5.74) is 2.37. The second-order valence-corrected chi connectivity index (χ2v) is 4.73. The van der Waals surface area contributed by atoms with Crippen LogP contribution in [0.5, 0.6) is 5.75 Å². The largest absolute Gasteiger partial charge is 0.495 e. The molecule has 0 fully saturated rings. The van der Waals surface area contributed by atoms with Crippen LogP contribution in [0, 0.1) is 6.92 Å². The Morgan fingerprint density at radius 2 is 1.80 bits per heavy atom. The number of carbonyl (C=O) groups excluding carboxylic acids is 1. The van der Waals surface area contributed by atoms with Crippen LogP contribution in [-0.4, -0.2) is 13.1 Å². The second kappa shape index (κ2) is 6.30. The van der Waals surface area contributed by atoms with Crippen molar-refractivity contribution in [2.75, 3.05) is 17.7 Å². The van der Waals surface area contributed by atoms with Gasteiger partial charge in [0.05, 0.1) is 12.8 Å². The molecule has 4 nitrogen and oxygen atoms in total. The first-order valence-electron chi connectivity index (χ1n) is 6.06. The van der Waals surface area contributed by atoms with Crippen molar-refractivity contribution < 1.29 is 9.53 Å². The molecule has 2 rings (SSSR count). The minimum atomic E-state index is -0.352. The maximum Gasteiger partial charge on any atom is 0.323 e. The molecule has 104 valence electrons. The Hall–Kier alpha value is -2.20. The van der Waals surface area contributed by atoms with Crippen LogP contribution in [-0.2, 0) is 0 Å². The zero-order chi connectivity index (χ0) is 14.5. The first-order valence-corrected chi connectivity index (χ1v) is 6.44. The number of amides is 2. The Labute approximate surface area is 122 Å². The minimum Gasteiger partial charge on any atom is -0.495 e. The van der Waals surface area contributed by atoms with Crippen molar-refractivity contribution in [1.82, 2.24) is 0 Å². The molecular formula is C15H15ClN2O2. The standard InChI is InChI=1S/C15H15ClN2O2/c1-10-3-6-12(7-4-10)17-15(19)18-13-9-11(16)5-8-14(13)20-2/h3-9H,1-2H3,(H2,17,18,19). The molecule has 0 atom stereocenters. The SMILES string of the molecule is COc1ccc(Cl)cc1NC(=O)Nc1ccc(C)cc1. The van der Waals surface area contributed by atoms with E-state index in [2.05, 4.69) is 10.6 Å². The molecule has 2 N–H and O–H groups in total. The number of ether oxygens (including phenoxy) is 1.